The van der Waals surface area contributed by atoms with E-state index in [1.807, 2.05) is 0 Å². The molecular formula is C24H31NO5Se. The number of hydrogen-bond acceptors (Lipinski definition) is 5. The van der Waals surface area contributed by atoms with Crippen molar-refractivity contribution in [3.05, 3.63) is 47.2 Å². The van der Waals surface area contributed by atoms with Crippen LogP contribution in [0.2, 0.25) is 0 Å². The number of rotatable bonds is 8. The molecule has 2 aromatic rings. The summed E-state index contributed by atoms with van der Waals surface area (Å²) in [6.45, 7) is 10.9. The summed E-state index contributed by atoms with van der Waals surface area (Å²) in [4.78, 5) is 16.1. The number of pyridine rings is 1. The fraction of sp³-hybridized carbons (Fsp3) is 0.500. The number of carbonyl (C=O) groups is 1. The number of nitrogens with zero attached hydrogens (tertiary/aromatic N) is 1. The van der Waals surface area contributed by atoms with Crippen LogP contribution in [0.3, 0.4) is 0 Å². The summed E-state index contributed by atoms with van der Waals surface area (Å²) in [6, 6.07) is 7.57. The zero-order valence-electron chi connectivity index (χ0n) is 19.0. The van der Waals surface area contributed by atoms with Crippen LogP contribution in [0, 0.1) is 0 Å². The van der Waals surface area contributed by atoms with Crippen LogP contribution in [0.15, 0.2) is 30.5 Å². The van der Waals surface area contributed by atoms with Gasteiger partial charge in [0.2, 0.25) is 0 Å². The van der Waals surface area contributed by atoms with Crippen molar-refractivity contribution in [2.24, 2.45) is 0 Å². The van der Waals surface area contributed by atoms with Gasteiger partial charge in [-0.3, -0.25) is 0 Å². The first kappa shape index (κ1) is 23.7. The van der Waals surface area contributed by atoms with Gasteiger partial charge >= 0.3 is 190 Å². The van der Waals surface area contributed by atoms with E-state index in [1.165, 1.54) is 11.1 Å². The molecule has 1 atom stereocenters. The van der Waals surface area contributed by atoms with Crippen molar-refractivity contribution in [1.29, 1.82) is 0 Å². The van der Waals surface area contributed by atoms with E-state index in [9.17, 15) is 9.90 Å². The van der Waals surface area contributed by atoms with Gasteiger partial charge in [-0.1, -0.05) is 0 Å². The molecule has 31 heavy (non-hydrogen) atoms. The fourth-order valence-corrected chi connectivity index (χ4v) is 5.83. The molecule has 7 heteroatoms. The second-order valence-electron chi connectivity index (χ2n) is 9.11. The third-order valence-electron chi connectivity index (χ3n) is 5.97. The molecule has 0 saturated carbocycles. The number of carboxylic acids is 1. The van der Waals surface area contributed by atoms with Crippen LogP contribution >= 0.6 is 0 Å². The van der Waals surface area contributed by atoms with E-state index in [2.05, 4.69) is 44.8 Å². The van der Waals surface area contributed by atoms with Gasteiger partial charge in [-0.2, -0.15) is 0 Å². The first-order chi connectivity index (χ1) is 14.5. The van der Waals surface area contributed by atoms with Crippen molar-refractivity contribution >= 4 is 30.0 Å². The predicted octanol–water partition coefficient (Wildman–Crippen LogP) is 3.13. The Morgan fingerprint density at radius 3 is 2.45 bits per heavy atom. The van der Waals surface area contributed by atoms with E-state index >= 15 is 0 Å². The van der Waals surface area contributed by atoms with Crippen molar-refractivity contribution < 1.29 is 24.1 Å². The number of aromatic carboxylic acids is 1. The maximum atomic E-state index is 11.7. The first-order valence-corrected chi connectivity index (χ1v) is 12.1. The average molecular weight is 492 g/mol. The Hall–Kier alpha value is -1.92. The average Bonchev–Trinajstić information content (AvgIpc) is 2.72. The molecule has 1 unspecified atom stereocenters. The quantitative estimate of drug-likeness (QED) is 0.451. The van der Waals surface area contributed by atoms with Crippen molar-refractivity contribution in [3.63, 3.8) is 0 Å². The van der Waals surface area contributed by atoms with Gasteiger partial charge in [-0.25, -0.2) is 0 Å². The monoisotopic (exact) mass is 493 g/mol. The normalized spacial score (nSPS) is 17.6. The number of fused-ring (bicyclic) bond motifs is 1. The number of ether oxygens (including phenoxy) is 3. The SMILES string of the molecule is COC(C)OCOc1cc2c(cc1[Se]c1ncccc1C(=O)O)C(C)(C)CCC2(C)C. The minimum atomic E-state index is -0.968. The summed E-state index contributed by atoms with van der Waals surface area (Å²) in [7, 11) is 1.58. The second kappa shape index (κ2) is 9.29. The van der Waals surface area contributed by atoms with E-state index < -0.39 is 5.97 Å². The van der Waals surface area contributed by atoms with E-state index in [1.54, 1.807) is 32.4 Å². The molecule has 0 aliphatic heterocycles. The molecule has 1 aliphatic carbocycles. The van der Waals surface area contributed by atoms with Gasteiger partial charge in [0, 0.05) is 0 Å². The molecule has 0 spiro atoms. The van der Waals surface area contributed by atoms with E-state index in [0.29, 0.717) is 4.59 Å². The van der Waals surface area contributed by atoms with Crippen LogP contribution in [0.1, 0.15) is 68.9 Å². The zero-order chi connectivity index (χ0) is 22.8. The standard InChI is InChI=1S/C24H31NO5Se/c1-15(28-6)29-14-30-19-12-17-18(24(4,5)10-9-23(17,2)3)13-20(19)31-21-16(22(26)27)8-7-11-25-21/h7-8,11-13,15H,9-10,14H2,1-6H3,(H,26,27). The Kier molecular flexibility index (Phi) is 7.11. The Labute approximate surface area is 190 Å². The molecule has 3 rings (SSSR count). The van der Waals surface area contributed by atoms with Crippen molar-refractivity contribution in [2.45, 2.75) is 64.6 Å². The molecule has 168 valence electrons. The van der Waals surface area contributed by atoms with Gasteiger partial charge in [-0.15, -0.1) is 0 Å². The second-order valence-corrected chi connectivity index (χ2v) is 11.3. The number of carboxylic acid groups (broad SMARTS) is 1. The number of methoxy groups -OCH3 is 1. The molecular weight excluding hydrogens is 461 g/mol. The molecule has 1 aromatic heterocycles. The van der Waals surface area contributed by atoms with Gasteiger partial charge < -0.3 is 0 Å². The van der Waals surface area contributed by atoms with E-state index in [4.69, 9.17) is 14.2 Å². The summed E-state index contributed by atoms with van der Waals surface area (Å²) in [5, 5.41) is 9.59. The molecule has 0 amide bonds. The summed E-state index contributed by atoms with van der Waals surface area (Å²) < 4.78 is 18.3. The van der Waals surface area contributed by atoms with Crippen molar-refractivity contribution in [3.8, 4) is 5.75 Å². The molecule has 1 aliphatic rings. The number of aromatic nitrogens is 1. The van der Waals surface area contributed by atoms with Crippen LogP contribution in [0.25, 0.3) is 0 Å². The maximum absolute atomic E-state index is 11.7. The molecule has 0 fully saturated rings. The molecule has 0 saturated heterocycles. The molecule has 0 radical (unpaired) electrons. The van der Waals surface area contributed by atoms with Gasteiger partial charge in [0.1, 0.15) is 0 Å². The first-order valence-electron chi connectivity index (χ1n) is 10.4. The summed E-state index contributed by atoms with van der Waals surface area (Å²) in [5.74, 6) is -0.251. The minimum absolute atomic E-state index is 0.0341. The van der Waals surface area contributed by atoms with Gasteiger partial charge in [0.15, 0.2) is 0 Å². The number of hydrogen-bond donors (Lipinski definition) is 1. The topological polar surface area (TPSA) is 77.9 Å². The summed E-state index contributed by atoms with van der Waals surface area (Å²) in [6.07, 6.45) is 3.45. The van der Waals surface area contributed by atoms with Gasteiger partial charge in [0.05, 0.1) is 0 Å². The third-order valence-corrected chi connectivity index (χ3v) is 8.19. The molecule has 1 N–H and O–H groups in total. The Morgan fingerprint density at radius 1 is 1.19 bits per heavy atom. The van der Waals surface area contributed by atoms with Crippen LogP contribution < -0.4 is 13.8 Å². The van der Waals surface area contributed by atoms with Crippen LogP contribution in [0.4, 0.5) is 0 Å². The third kappa shape index (κ3) is 5.29. The van der Waals surface area contributed by atoms with Crippen LogP contribution in [0.5, 0.6) is 5.75 Å². The Balaban J connectivity index is 2.06. The number of benzene rings is 1. The molecule has 1 heterocycles. The fourth-order valence-electron chi connectivity index (χ4n) is 3.77. The van der Waals surface area contributed by atoms with Crippen molar-refractivity contribution in [1.82, 2.24) is 4.98 Å². The van der Waals surface area contributed by atoms with Crippen LogP contribution in [-0.2, 0) is 20.3 Å². The molecule has 0 bridgehead atoms. The van der Waals surface area contributed by atoms with Gasteiger partial charge in [-0.05, 0) is 0 Å². The Morgan fingerprint density at radius 2 is 1.84 bits per heavy atom. The van der Waals surface area contributed by atoms with Gasteiger partial charge in [0.25, 0.3) is 0 Å². The molecule has 6 nitrogen and oxygen atoms in total. The Bertz CT molecular complexity index is 957. The van der Waals surface area contributed by atoms with Crippen LogP contribution in [-0.4, -0.2) is 51.2 Å². The predicted molar refractivity (Wildman–Crippen MR) is 121 cm³/mol. The molecule has 1 aromatic carbocycles. The van der Waals surface area contributed by atoms with Crippen molar-refractivity contribution in [2.75, 3.05) is 13.9 Å². The summed E-state index contributed by atoms with van der Waals surface area (Å²) in [5.41, 5.74) is 2.88. The zero-order valence-corrected chi connectivity index (χ0v) is 20.7. The summed E-state index contributed by atoms with van der Waals surface area (Å²) >= 11 is -0.343. The van der Waals surface area contributed by atoms with E-state index in [0.717, 1.165) is 23.1 Å². The van der Waals surface area contributed by atoms with E-state index in [-0.39, 0.29) is 44.4 Å².